The zero-order chi connectivity index (χ0) is 10.8. The molecule has 1 saturated carbocycles. The van der Waals surface area contributed by atoms with E-state index in [-0.39, 0.29) is 30.2 Å². The molecule has 1 aliphatic carbocycles. The quantitative estimate of drug-likeness (QED) is 0.702. The summed E-state index contributed by atoms with van der Waals surface area (Å²) in [5.74, 6) is 0.0294. The number of nitrogens with two attached hydrogens (primary N) is 1. The summed E-state index contributed by atoms with van der Waals surface area (Å²) >= 11 is 0. The number of ether oxygens (including phenoxy) is 1. The van der Waals surface area contributed by atoms with Gasteiger partial charge in [0.05, 0.1) is 6.10 Å². The van der Waals surface area contributed by atoms with E-state index in [9.17, 15) is 4.79 Å². The number of rotatable bonds is 2. The highest BCUT2D eigenvalue weighted by Crippen LogP contribution is 2.21. The fourth-order valence-electron chi connectivity index (χ4n) is 2.44. The van der Waals surface area contributed by atoms with Crippen molar-refractivity contribution in [2.24, 2.45) is 5.73 Å². The third kappa shape index (κ3) is 2.49. The number of amides is 1. The van der Waals surface area contributed by atoms with Crippen molar-refractivity contribution in [3.63, 3.8) is 0 Å². The summed E-state index contributed by atoms with van der Waals surface area (Å²) in [4.78, 5) is 11.8. The van der Waals surface area contributed by atoms with Gasteiger partial charge in [-0.15, -0.1) is 0 Å². The summed E-state index contributed by atoms with van der Waals surface area (Å²) in [6, 6.07) is 0.296. The second kappa shape index (κ2) is 4.49. The van der Waals surface area contributed by atoms with Crippen LogP contribution < -0.4 is 11.1 Å². The lowest BCUT2D eigenvalue weighted by molar-refractivity contribution is -0.132. The van der Waals surface area contributed by atoms with Gasteiger partial charge in [0.2, 0.25) is 5.91 Å². The lowest BCUT2D eigenvalue weighted by atomic mass is 10.1. The Morgan fingerprint density at radius 3 is 2.67 bits per heavy atom. The van der Waals surface area contributed by atoms with Crippen molar-refractivity contribution in [1.82, 2.24) is 5.32 Å². The van der Waals surface area contributed by atoms with Crippen molar-refractivity contribution < 1.29 is 9.53 Å². The molecule has 86 valence electrons. The van der Waals surface area contributed by atoms with Gasteiger partial charge in [-0.1, -0.05) is 0 Å². The molecule has 2 fully saturated rings. The van der Waals surface area contributed by atoms with Gasteiger partial charge in [0.15, 0.2) is 0 Å². The van der Waals surface area contributed by atoms with Gasteiger partial charge >= 0.3 is 0 Å². The number of hydrogen-bond acceptors (Lipinski definition) is 3. The van der Waals surface area contributed by atoms with Crippen LogP contribution in [0.3, 0.4) is 0 Å². The summed E-state index contributed by atoms with van der Waals surface area (Å²) in [7, 11) is 0. The van der Waals surface area contributed by atoms with Gasteiger partial charge in [-0.3, -0.25) is 4.79 Å². The number of carbonyl (C=O) groups is 1. The predicted octanol–water partition coefficient (Wildman–Crippen LogP) is 0.550. The van der Waals surface area contributed by atoms with Crippen LogP contribution in [0, 0.1) is 0 Å². The molecule has 0 bridgehead atoms. The summed E-state index contributed by atoms with van der Waals surface area (Å²) in [5, 5.41) is 3.00. The van der Waals surface area contributed by atoms with Crippen molar-refractivity contribution in [3.05, 3.63) is 0 Å². The Morgan fingerprint density at radius 2 is 2.13 bits per heavy atom. The van der Waals surface area contributed by atoms with Gasteiger partial charge in [0.1, 0.15) is 6.10 Å². The fraction of sp³-hybridized carbons (Fsp3) is 0.909. The Kier molecular flexibility index (Phi) is 3.26. The third-order valence-corrected chi connectivity index (χ3v) is 3.42. The van der Waals surface area contributed by atoms with Gasteiger partial charge in [-0.25, -0.2) is 0 Å². The minimum atomic E-state index is -0.243. The van der Waals surface area contributed by atoms with Crippen LogP contribution in [-0.4, -0.2) is 30.2 Å². The topological polar surface area (TPSA) is 64.4 Å². The maximum Gasteiger partial charge on any atom is 0.249 e. The number of nitrogens with one attached hydrogen (secondary N) is 1. The highest BCUT2D eigenvalue weighted by Gasteiger charge is 2.32. The molecule has 0 aromatic carbocycles. The first-order valence-electron chi connectivity index (χ1n) is 5.88. The molecule has 2 aliphatic rings. The lowest BCUT2D eigenvalue weighted by Crippen LogP contribution is -2.47. The molecule has 1 amide bonds. The molecule has 3 N–H and O–H groups in total. The molecule has 1 aliphatic heterocycles. The Hall–Kier alpha value is -0.610. The van der Waals surface area contributed by atoms with Gasteiger partial charge < -0.3 is 15.8 Å². The largest absolute Gasteiger partial charge is 0.365 e. The van der Waals surface area contributed by atoms with Crippen LogP contribution in [-0.2, 0) is 9.53 Å². The number of hydrogen-bond donors (Lipinski definition) is 2. The van der Waals surface area contributed by atoms with E-state index in [0.29, 0.717) is 0 Å². The molecule has 4 unspecified atom stereocenters. The predicted molar refractivity (Wildman–Crippen MR) is 57.3 cm³/mol. The average molecular weight is 212 g/mol. The minimum absolute atomic E-state index is 0.0294. The lowest BCUT2D eigenvalue weighted by Gasteiger charge is -2.19. The molecule has 4 nitrogen and oxygen atoms in total. The molecular weight excluding hydrogens is 192 g/mol. The molecule has 15 heavy (non-hydrogen) atoms. The SMILES string of the molecule is CC1CCC(C(=O)NC2CCCC2N)O1. The van der Waals surface area contributed by atoms with Gasteiger partial charge in [-0.05, 0) is 39.0 Å². The van der Waals surface area contributed by atoms with E-state index in [0.717, 1.165) is 32.1 Å². The van der Waals surface area contributed by atoms with Crippen LogP contribution in [0.5, 0.6) is 0 Å². The molecule has 1 saturated heterocycles. The van der Waals surface area contributed by atoms with E-state index >= 15 is 0 Å². The molecule has 2 rings (SSSR count). The molecular formula is C11H20N2O2. The van der Waals surface area contributed by atoms with Gasteiger partial charge in [0.25, 0.3) is 0 Å². The maximum absolute atomic E-state index is 11.8. The van der Waals surface area contributed by atoms with E-state index in [1.807, 2.05) is 6.92 Å². The minimum Gasteiger partial charge on any atom is -0.365 e. The van der Waals surface area contributed by atoms with Crippen LogP contribution in [0.25, 0.3) is 0 Å². The molecule has 0 radical (unpaired) electrons. The summed E-state index contributed by atoms with van der Waals surface area (Å²) in [5.41, 5.74) is 5.90. The van der Waals surface area contributed by atoms with Gasteiger partial charge in [0, 0.05) is 12.1 Å². The Balaban J connectivity index is 1.81. The zero-order valence-electron chi connectivity index (χ0n) is 9.24. The normalized spacial score (nSPS) is 40.7. The van der Waals surface area contributed by atoms with Gasteiger partial charge in [-0.2, -0.15) is 0 Å². The summed E-state index contributed by atoms with van der Waals surface area (Å²) < 4.78 is 5.52. The maximum atomic E-state index is 11.8. The average Bonchev–Trinajstić information content (AvgIpc) is 2.77. The van der Waals surface area contributed by atoms with Crippen molar-refractivity contribution in [1.29, 1.82) is 0 Å². The molecule has 0 aromatic heterocycles. The fourth-order valence-corrected chi connectivity index (χ4v) is 2.44. The van der Waals surface area contributed by atoms with Crippen molar-refractivity contribution in [2.45, 2.75) is 63.3 Å². The smallest absolute Gasteiger partial charge is 0.249 e. The summed E-state index contributed by atoms with van der Waals surface area (Å²) in [6.07, 6.45) is 4.95. The second-order valence-corrected chi connectivity index (χ2v) is 4.72. The molecule has 1 heterocycles. The molecule has 4 heteroatoms. The standard InChI is InChI=1S/C11H20N2O2/c1-7-5-6-10(15-7)11(14)13-9-4-2-3-8(9)12/h7-10H,2-6,12H2,1H3,(H,13,14). The van der Waals surface area contributed by atoms with Crippen LogP contribution >= 0.6 is 0 Å². The zero-order valence-corrected chi connectivity index (χ0v) is 9.24. The van der Waals surface area contributed by atoms with E-state index in [1.165, 1.54) is 0 Å². The first-order chi connectivity index (χ1) is 7.16. The highest BCUT2D eigenvalue weighted by atomic mass is 16.5. The molecule has 4 atom stereocenters. The van der Waals surface area contributed by atoms with E-state index < -0.39 is 0 Å². The third-order valence-electron chi connectivity index (χ3n) is 3.42. The van der Waals surface area contributed by atoms with E-state index in [1.54, 1.807) is 0 Å². The van der Waals surface area contributed by atoms with Crippen molar-refractivity contribution in [2.75, 3.05) is 0 Å². The van der Waals surface area contributed by atoms with Crippen LogP contribution in [0.2, 0.25) is 0 Å². The Bertz CT molecular complexity index is 245. The van der Waals surface area contributed by atoms with Crippen LogP contribution in [0.4, 0.5) is 0 Å². The Morgan fingerprint density at radius 1 is 1.33 bits per heavy atom. The van der Waals surface area contributed by atoms with Crippen LogP contribution in [0.1, 0.15) is 39.0 Å². The highest BCUT2D eigenvalue weighted by molar-refractivity contribution is 5.81. The van der Waals surface area contributed by atoms with Crippen molar-refractivity contribution in [3.8, 4) is 0 Å². The first kappa shape index (κ1) is 10.9. The molecule has 0 spiro atoms. The van der Waals surface area contributed by atoms with Crippen molar-refractivity contribution >= 4 is 5.91 Å². The monoisotopic (exact) mass is 212 g/mol. The first-order valence-corrected chi connectivity index (χ1v) is 5.88. The molecule has 0 aromatic rings. The van der Waals surface area contributed by atoms with Crippen LogP contribution in [0.15, 0.2) is 0 Å². The summed E-state index contributed by atoms with van der Waals surface area (Å²) in [6.45, 7) is 2.01. The Labute approximate surface area is 90.5 Å². The second-order valence-electron chi connectivity index (χ2n) is 4.72. The number of carbonyl (C=O) groups excluding carboxylic acids is 1. The van der Waals surface area contributed by atoms with E-state index in [2.05, 4.69) is 5.32 Å². The van der Waals surface area contributed by atoms with E-state index in [4.69, 9.17) is 10.5 Å².